The molecule has 0 N–H and O–H groups in total. The van der Waals surface area contributed by atoms with E-state index in [9.17, 15) is 0 Å². The molecule has 0 saturated heterocycles. The van der Waals surface area contributed by atoms with Crippen LogP contribution in [0.5, 0.6) is 0 Å². The fraction of sp³-hybridized carbons (Fsp3) is 1.00. The average Bonchev–Trinajstić information content (AvgIpc) is 1.80. The maximum atomic E-state index is 2.49. The second-order valence-electron chi connectivity index (χ2n) is 4.77. The Morgan fingerprint density at radius 2 is 1.82 bits per heavy atom. The monoisotopic (exact) mass is 152 g/mol. The predicted octanol–water partition coefficient (Wildman–Crippen LogP) is 3.47. The summed E-state index contributed by atoms with van der Waals surface area (Å²) in [5.74, 6) is 4.31. The molecule has 0 aromatic heterocycles. The van der Waals surface area contributed by atoms with E-state index < -0.39 is 0 Å². The molecule has 2 saturated carbocycles. The summed E-state index contributed by atoms with van der Waals surface area (Å²) in [6, 6.07) is 0. The van der Waals surface area contributed by atoms with Gasteiger partial charge in [-0.15, -0.1) is 0 Å². The normalized spacial score (nSPS) is 40.9. The van der Waals surface area contributed by atoms with Crippen molar-refractivity contribution in [3.63, 3.8) is 0 Å². The van der Waals surface area contributed by atoms with Gasteiger partial charge in [-0.25, -0.2) is 0 Å². The van der Waals surface area contributed by atoms with E-state index in [1.807, 2.05) is 0 Å². The summed E-state index contributed by atoms with van der Waals surface area (Å²) in [6.07, 6.45) is 7.60. The zero-order valence-electron chi connectivity index (χ0n) is 7.84. The SMILES string of the molecule is CC1CCC1C(C)C1CCC1. The minimum atomic E-state index is 1.05. The van der Waals surface area contributed by atoms with Crippen LogP contribution in [-0.2, 0) is 0 Å². The van der Waals surface area contributed by atoms with Crippen molar-refractivity contribution < 1.29 is 0 Å². The summed E-state index contributed by atoms with van der Waals surface area (Å²) in [4.78, 5) is 0. The van der Waals surface area contributed by atoms with Crippen molar-refractivity contribution in [3.05, 3.63) is 0 Å². The number of hydrogen-bond acceptors (Lipinski definition) is 0. The first kappa shape index (κ1) is 7.64. The lowest BCUT2D eigenvalue weighted by molar-refractivity contribution is 0.0576. The molecule has 2 aliphatic carbocycles. The van der Waals surface area contributed by atoms with Gasteiger partial charge >= 0.3 is 0 Å². The van der Waals surface area contributed by atoms with Gasteiger partial charge in [0.25, 0.3) is 0 Å². The fourth-order valence-corrected chi connectivity index (χ4v) is 2.79. The molecule has 11 heavy (non-hydrogen) atoms. The van der Waals surface area contributed by atoms with Crippen LogP contribution in [0.3, 0.4) is 0 Å². The molecule has 3 unspecified atom stereocenters. The first-order valence-corrected chi connectivity index (χ1v) is 5.29. The van der Waals surface area contributed by atoms with Crippen LogP contribution in [0.15, 0.2) is 0 Å². The topological polar surface area (TPSA) is 0 Å². The lowest BCUT2D eigenvalue weighted by Crippen LogP contribution is -2.35. The van der Waals surface area contributed by atoms with Crippen molar-refractivity contribution in [2.24, 2.45) is 23.7 Å². The van der Waals surface area contributed by atoms with Gasteiger partial charge in [0, 0.05) is 0 Å². The highest BCUT2D eigenvalue weighted by Gasteiger charge is 2.37. The third-order valence-corrected chi connectivity index (χ3v) is 4.25. The van der Waals surface area contributed by atoms with Crippen LogP contribution in [0.25, 0.3) is 0 Å². The van der Waals surface area contributed by atoms with E-state index in [-0.39, 0.29) is 0 Å². The molecule has 0 aliphatic heterocycles. The van der Waals surface area contributed by atoms with E-state index >= 15 is 0 Å². The molecule has 0 spiro atoms. The largest absolute Gasteiger partial charge is 0.0622 e. The molecule has 2 rings (SSSR count). The Morgan fingerprint density at radius 3 is 2.09 bits per heavy atom. The summed E-state index contributed by atoms with van der Waals surface area (Å²) in [5.41, 5.74) is 0. The zero-order chi connectivity index (χ0) is 7.84. The van der Waals surface area contributed by atoms with E-state index in [2.05, 4.69) is 13.8 Å². The van der Waals surface area contributed by atoms with Crippen molar-refractivity contribution in [1.29, 1.82) is 0 Å². The fourth-order valence-electron chi connectivity index (χ4n) is 2.79. The van der Waals surface area contributed by atoms with Crippen molar-refractivity contribution in [2.75, 3.05) is 0 Å². The van der Waals surface area contributed by atoms with Crippen LogP contribution in [0.2, 0.25) is 0 Å². The standard InChI is InChI=1S/C11H20/c1-8-6-7-11(8)9(2)10-4-3-5-10/h8-11H,3-7H2,1-2H3. The maximum Gasteiger partial charge on any atom is -0.0360 e. The predicted molar refractivity (Wildman–Crippen MR) is 48.4 cm³/mol. The molecule has 3 atom stereocenters. The van der Waals surface area contributed by atoms with E-state index in [4.69, 9.17) is 0 Å². The first-order valence-electron chi connectivity index (χ1n) is 5.29. The molecule has 64 valence electrons. The van der Waals surface area contributed by atoms with Gasteiger partial charge in [0.2, 0.25) is 0 Å². The Morgan fingerprint density at radius 1 is 1.09 bits per heavy atom. The van der Waals surface area contributed by atoms with Crippen LogP contribution < -0.4 is 0 Å². The molecule has 0 radical (unpaired) electrons. The Bertz CT molecular complexity index is 135. The molecule has 0 heteroatoms. The molecule has 2 aliphatic rings. The third kappa shape index (κ3) is 1.21. The average molecular weight is 152 g/mol. The Labute approximate surface area is 70.4 Å². The van der Waals surface area contributed by atoms with Crippen molar-refractivity contribution >= 4 is 0 Å². The molecule has 0 amide bonds. The van der Waals surface area contributed by atoms with Crippen LogP contribution in [0.1, 0.15) is 46.0 Å². The van der Waals surface area contributed by atoms with Gasteiger partial charge < -0.3 is 0 Å². The van der Waals surface area contributed by atoms with E-state index in [1.165, 1.54) is 32.1 Å². The molecule has 0 heterocycles. The molecule has 0 aromatic rings. The zero-order valence-corrected chi connectivity index (χ0v) is 7.84. The van der Waals surface area contributed by atoms with Gasteiger partial charge in [-0.1, -0.05) is 39.5 Å². The summed E-state index contributed by atoms with van der Waals surface area (Å²) < 4.78 is 0. The quantitative estimate of drug-likeness (QED) is 0.568. The maximum absolute atomic E-state index is 2.49. The van der Waals surface area contributed by atoms with Crippen molar-refractivity contribution in [3.8, 4) is 0 Å². The second kappa shape index (κ2) is 2.80. The van der Waals surface area contributed by atoms with Crippen LogP contribution in [0.4, 0.5) is 0 Å². The van der Waals surface area contributed by atoms with Crippen LogP contribution >= 0.6 is 0 Å². The van der Waals surface area contributed by atoms with Gasteiger partial charge in [-0.3, -0.25) is 0 Å². The Hall–Kier alpha value is 0. The molecular formula is C11H20. The number of hydrogen-bond donors (Lipinski definition) is 0. The van der Waals surface area contributed by atoms with Gasteiger partial charge in [0.15, 0.2) is 0 Å². The highest BCUT2D eigenvalue weighted by Crippen LogP contribution is 2.46. The molecule has 0 nitrogen and oxygen atoms in total. The molecule has 2 fully saturated rings. The lowest BCUT2D eigenvalue weighted by atomic mass is 9.61. The molecule has 0 bridgehead atoms. The van der Waals surface area contributed by atoms with Crippen LogP contribution in [0, 0.1) is 23.7 Å². The Kier molecular flexibility index (Phi) is 1.95. The Balaban J connectivity index is 1.83. The molecular weight excluding hydrogens is 132 g/mol. The van der Waals surface area contributed by atoms with Crippen molar-refractivity contribution in [1.82, 2.24) is 0 Å². The number of rotatable bonds is 2. The van der Waals surface area contributed by atoms with Gasteiger partial charge in [-0.05, 0) is 30.1 Å². The van der Waals surface area contributed by atoms with Crippen LogP contribution in [-0.4, -0.2) is 0 Å². The smallest absolute Gasteiger partial charge is 0.0360 e. The minimum absolute atomic E-state index is 1.05. The first-order chi connectivity index (χ1) is 5.29. The lowest BCUT2D eigenvalue weighted by Gasteiger charge is -2.44. The summed E-state index contributed by atoms with van der Waals surface area (Å²) in [6.45, 7) is 4.92. The summed E-state index contributed by atoms with van der Waals surface area (Å²) in [7, 11) is 0. The van der Waals surface area contributed by atoms with E-state index in [1.54, 1.807) is 0 Å². The van der Waals surface area contributed by atoms with E-state index in [0.29, 0.717) is 0 Å². The second-order valence-corrected chi connectivity index (χ2v) is 4.77. The highest BCUT2D eigenvalue weighted by atomic mass is 14.4. The summed E-state index contributed by atoms with van der Waals surface area (Å²) in [5, 5.41) is 0. The van der Waals surface area contributed by atoms with Gasteiger partial charge in [0.1, 0.15) is 0 Å². The molecule has 0 aromatic carbocycles. The third-order valence-electron chi connectivity index (χ3n) is 4.25. The van der Waals surface area contributed by atoms with Gasteiger partial charge in [-0.2, -0.15) is 0 Å². The van der Waals surface area contributed by atoms with Crippen molar-refractivity contribution in [2.45, 2.75) is 46.0 Å². The van der Waals surface area contributed by atoms with E-state index in [0.717, 1.165) is 23.7 Å². The van der Waals surface area contributed by atoms with Gasteiger partial charge in [0.05, 0.1) is 0 Å². The summed E-state index contributed by atoms with van der Waals surface area (Å²) >= 11 is 0. The highest BCUT2D eigenvalue weighted by molar-refractivity contribution is 4.87. The minimum Gasteiger partial charge on any atom is -0.0622 e.